The minimum atomic E-state index is -1.91. The number of allylic oxidation sites excluding steroid dienone is 2. The number of carbonyl (C=O) groups is 1. The van der Waals surface area contributed by atoms with E-state index in [9.17, 15) is 9.90 Å². The molecule has 0 aromatic rings. The second kappa shape index (κ2) is 10.0. The smallest absolute Gasteiger partial charge is 0.305 e. The standard InChI is InChI=1S/C30H51FO4Si/c1-9-19-26-27(31)23(35-36(6,7)8)15-17-30(26,4)22-14-16-29(3)20(18(2)10-13-24(32)34-5)11-12-21(29)25(22)28(19)33/h15,18-22,25-28,33H,9-14,16-17H2,1-8H3/t18-,19-,20?,21?,22?,25?,26-,27+,28-,29-,30-/m1/s1. The Morgan fingerprint density at radius 2 is 1.86 bits per heavy atom. The van der Waals surface area contributed by atoms with E-state index >= 15 is 4.39 Å². The number of carbonyl (C=O) groups excluding carboxylic acids is 1. The summed E-state index contributed by atoms with van der Waals surface area (Å²) in [7, 11) is -0.449. The lowest BCUT2D eigenvalue weighted by Gasteiger charge is -2.64. The van der Waals surface area contributed by atoms with E-state index < -0.39 is 20.6 Å². The zero-order chi connectivity index (χ0) is 26.6. The van der Waals surface area contributed by atoms with Gasteiger partial charge in [0.1, 0.15) is 5.76 Å². The van der Waals surface area contributed by atoms with Gasteiger partial charge in [-0.3, -0.25) is 4.79 Å². The Bertz CT molecular complexity index is 854. The highest BCUT2D eigenvalue weighted by Gasteiger charge is 2.66. The van der Waals surface area contributed by atoms with Crippen molar-refractivity contribution in [1.82, 2.24) is 0 Å². The van der Waals surface area contributed by atoms with Crippen molar-refractivity contribution in [1.29, 1.82) is 0 Å². The lowest BCUT2D eigenvalue weighted by Crippen LogP contribution is -2.63. The first-order valence-electron chi connectivity index (χ1n) is 14.6. The minimum absolute atomic E-state index is 0.0432. The third-order valence-corrected chi connectivity index (χ3v) is 12.1. The molecule has 6 heteroatoms. The highest BCUT2D eigenvalue weighted by molar-refractivity contribution is 6.70. The number of halogens is 1. The van der Waals surface area contributed by atoms with E-state index in [0.29, 0.717) is 35.9 Å². The van der Waals surface area contributed by atoms with Crippen molar-refractivity contribution in [2.45, 2.75) is 111 Å². The molecular formula is C30H51FO4Si. The van der Waals surface area contributed by atoms with Gasteiger partial charge in [0.25, 0.3) is 0 Å². The van der Waals surface area contributed by atoms with Crippen LogP contribution in [0.4, 0.5) is 4.39 Å². The Morgan fingerprint density at radius 3 is 2.47 bits per heavy atom. The number of ether oxygens (including phenoxy) is 1. The summed E-state index contributed by atoms with van der Waals surface area (Å²) in [4.78, 5) is 11.8. The molecule has 4 rings (SSSR count). The van der Waals surface area contributed by atoms with Gasteiger partial charge in [-0.25, -0.2) is 4.39 Å². The lowest BCUT2D eigenvalue weighted by atomic mass is 9.42. The fourth-order valence-corrected chi connectivity index (χ4v) is 10.6. The zero-order valence-electron chi connectivity index (χ0n) is 24.0. The molecule has 0 aromatic carbocycles. The van der Waals surface area contributed by atoms with Crippen molar-refractivity contribution in [3.8, 4) is 0 Å². The molecule has 0 aliphatic heterocycles. The van der Waals surface area contributed by atoms with Crippen LogP contribution in [0.1, 0.15) is 79.1 Å². The summed E-state index contributed by atoms with van der Waals surface area (Å²) in [5.74, 6) is 2.24. The molecule has 0 radical (unpaired) electrons. The summed E-state index contributed by atoms with van der Waals surface area (Å²) >= 11 is 0. The van der Waals surface area contributed by atoms with Crippen LogP contribution in [0.3, 0.4) is 0 Å². The number of methoxy groups -OCH3 is 1. The van der Waals surface area contributed by atoms with Gasteiger partial charge in [0.2, 0.25) is 8.32 Å². The molecule has 0 aromatic heterocycles. The molecule has 36 heavy (non-hydrogen) atoms. The predicted octanol–water partition coefficient (Wildman–Crippen LogP) is 7.13. The number of hydrogen-bond donors (Lipinski definition) is 1. The average molecular weight is 523 g/mol. The van der Waals surface area contributed by atoms with Crippen LogP contribution in [0.2, 0.25) is 19.6 Å². The number of aliphatic hydroxyl groups excluding tert-OH is 1. The molecule has 4 aliphatic rings. The van der Waals surface area contributed by atoms with Gasteiger partial charge in [0.15, 0.2) is 6.17 Å². The number of aliphatic hydroxyl groups is 1. The molecule has 11 atom stereocenters. The van der Waals surface area contributed by atoms with Crippen molar-refractivity contribution >= 4 is 14.3 Å². The zero-order valence-corrected chi connectivity index (χ0v) is 25.0. The molecule has 4 unspecified atom stereocenters. The maximum atomic E-state index is 16.3. The minimum Gasteiger partial charge on any atom is -0.545 e. The Labute approximate surface area is 219 Å². The SMILES string of the molecule is CC[C@@H]1[C@@H]2[C@@H](F)C(O[Si](C)(C)C)=CC[C@]2(C)C2CC[C@@]3(C)C(CCC3[C@H](C)CCC(=O)OC)C2[C@@H]1O. The third kappa shape index (κ3) is 4.61. The number of esters is 1. The van der Waals surface area contributed by atoms with Crippen molar-refractivity contribution in [2.24, 2.45) is 52.3 Å². The van der Waals surface area contributed by atoms with Crippen molar-refractivity contribution in [2.75, 3.05) is 7.11 Å². The summed E-state index contributed by atoms with van der Waals surface area (Å²) in [5, 5.41) is 12.0. The molecule has 1 N–H and O–H groups in total. The highest BCUT2D eigenvalue weighted by Crippen LogP contribution is 2.69. The normalized spacial score (nSPS) is 45.1. The maximum Gasteiger partial charge on any atom is 0.305 e. The van der Waals surface area contributed by atoms with Crippen LogP contribution in [-0.4, -0.2) is 38.8 Å². The van der Waals surface area contributed by atoms with Crippen LogP contribution < -0.4 is 0 Å². The fraction of sp³-hybridized carbons (Fsp3) is 0.900. The first-order valence-corrected chi connectivity index (χ1v) is 18.0. The largest absolute Gasteiger partial charge is 0.545 e. The average Bonchev–Trinajstić information content (AvgIpc) is 3.16. The summed E-state index contributed by atoms with van der Waals surface area (Å²) in [6.07, 6.45) is 7.97. The van der Waals surface area contributed by atoms with Crippen molar-refractivity contribution in [3.63, 3.8) is 0 Å². The first kappa shape index (κ1) is 28.1. The van der Waals surface area contributed by atoms with Crippen molar-refractivity contribution < 1.29 is 23.5 Å². The molecule has 4 aliphatic carbocycles. The van der Waals surface area contributed by atoms with Crippen LogP contribution in [0.5, 0.6) is 0 Å². The van der Waals surface area contributed by atoms with E-state index in [0.717, 1.165) is 44.9 Å². The summed E-state index contributed by atoms with van der Waals surface area (Å²) < 4.78 is 27.4. The molecule has 0 saturated heterocycles. The van der Waals surface area contributed by atoms with Gasteiger partial charge >= 0.3 is 5.97 Å². The van der Waals surface area contributed by atoms with E-state index in [-0.39, 0.29) is 34.6 Å². The van der Waals surface area contributed by atoms with Crippen molar-refractivity contribution in [3.05, 3.63) is 11.8 Å². The van der Waals surface area contributed by atoms with Crippen LogP contribution in [0.15, 0.2) is 11.8 Å². The topological polar surface area (TPSA) is 55.8 Å². The molecule has 0 heterocycles. The van der Waals surface area contributed by atoms with Gasteiger partial charge in [-0.15, -0.1) is 0 Å². The van der Waals surface area contributed by atoms with Crippen LogP contribution in [0.25, 0.3) is 0 Å². The van der Waals surface area contributed by atoms with Gasteiger partial charge < -0.3 is 14.3 Å². The van der Waals surface area contributed by atoms with E-state index in [1.165, 1.54) is 7.11 Å². The Kier molecular flexibility index (Phi) is 7.83. The molecular weight excluding hydrogens is 471 g/mol. The van der Waals surface area contributed by atoms with E-state index in [1.807, 2.05) is 0 Å². The Balaban J connectivity index is 1.62. The summed E-state index contributed by atoms with van der Waals surface area (Å²) in [6.45, 7) is 15.6. The molecule has 0 amide bonds. The Hall–Kier alpha value is -0.883. The maximum absolute atomic E-state index is 16.3. The molecule has 0 bridgehead atoms. The third-order valence-electron chi connectivity index (χ3n) is 11.3. The second-order valence-corrected chi connectivity index (χ2v) is 18.6. The van der Waals surface area contributed by atoms with Crippen LogP contribution in [-0.2, 0) is 14.0 Å². The van der Waals surface area contributed by atoms with Crippen LogP contribution in [0, 0.1) is 52.3 Å². The quantitative estimate of drug-likeness (QED) is 0.285. The van der Waals surface area contributed by atoms with Gasteiger partial charge in [-0.1, -0.05) is 34.1 Å². The Morgan fingerprint density at radius 1 is 1.19 bits per heavy atom. The second-order valence-electron chi connectivity index (χ2n) is 14.1. The monoisotopic (exact) mass is 522 g/mol. The fourth-order valence-electron chi connectivity index (χ4n) is 9.69. The van der Waals surface area contributed by atoms with E-state index in [4.69, 9.17) is 9.16 Å². The molecule has 3 fully saturated rings. The summed E-state index contributed by atoms with van der Waals surface area (Å²) in [6, 6.07) is 0. The van der Waals surface area contributed by atoms with Gasteiger partial charge in [0, 0.05) is 12.3 Å². The number of hydrogen-bond acceptors (Lipinski definition) is 4. The van der Waals surface area contributed by atoms with E-state index in [1.54, 1.807) is 0 Å². The van der Waals surface area contributed by atoms with E-state index in [2.05, 4.69) is 53.4 Å². The van der Waals surface area contributed by atoms with Gasteiger partial charge in [-0.05, 0) is 111 Å². The highest BCUT2D eigenvalue weighted by atomic mass is 28.4. The number of fused-ring (bicyclic) bond motifs is 5. The number of alkyl halides is 1. The first-order chi connectivity index (χ1) is 16.8. The molecule has 206 valence electrons. The molecule has 3 saturated carbocycles. The van der Waals surface area contributed by atoms with Gasteiger partial charge in [-0.2, -0.15) is 0 Å². The van der Waals surface area contributed by atoms with Crippen LogP contribution >= 0.6 is 0 Å². The predicted molar refractivity (Wildman–Crippen MR) is 144 cm³/mol. The summed E-state index contributed by atoms with van der Waals surface area (Å²) in [5.41, 5.74) is 0.0249. The molecule has 4 nitrogen and oxygen atoms in total. The molecule has 0 spiro atoms. The van der Waals surface area contributed by atoms with Gasteiger partial charge in [0.05, 0.1) is 13.2 Å². The lowest BCUT2D eigenvalue weighted by molar-refractivity contribution is -0.198. The number of rotatable bonds is 7.